The van der Waals surface area contributed by atoms with Crippen molar-refractivity contribution in [2.45, 2.75) is 95.0 Å². The summed E-state index contributed by atoms with van der Waals surface area (Å²) in [7, 11) is 3.25. The quantitative estimate of drug-likeness (QED) is 0.0171. The molecule has 0 atom stereocenters. The summed E-state index contributed by atoms with van der Waals surface area (Å²) in [5, 5.41) is 98.4. The van der Waals surface area contributed by atoms with E-state index in [1.54, 1.807) is 57.2 Å². The molecule has 0 aliphatic carbocycles. The van der Waals surface area contributed by atoms with Gasteiger partial charge in [-0.05, 0) is 193 Å². The maximum absolute atomic E-state index is 10.0. The van der Waals surface area contributed by atoms with Crippen LogP contribution in [0.5, 0.6) is 11.5 Å². The number of ketones is 4. The van der Waals surface area contributed by atoms with Crippen molar-refractivity contribution < 1.29 is 164 Å². The molecule has 10 N–H and O–H groups in total. The predicted octanol–water partition coefficient (Wildman–Crippen LogP) is 23.2. The number of hydrogen-bond acceptors (Lipinski definition) is 21. The molecular weight excluding hydrogens is 2480 g/mol. The number of fused-ring (bicyclic) bond motifs is 3. The van der Waals surface area contributed by atoms with Crippen LogP contribution in [0.2, 0.25) is 0 Å². The Morgan fingerprint density at radius 1 is 0.295 bits per heavy atom. The third kappa shape index (κ3) is 35.6. The molecule has 0 amide bonds. The molecule has 0 fully saturated rings. The molecule has 0 aliphatic heterocycles. The van der Waals surface area contributed by atoms with E-state index in [1.165, 1.54) is 107 Å². The molecule has 0 saturated carbocycles. The van der Waals surface area contributed by atoms with Crippen molar-refractivity contribution in [3.05, 3.63) is 415 Å². The van der Waals surface area contributed by atoms with Gasteiger partial charge in [0.1, 0.15) is 0 Å². The van der Waals surface area contributed by atoms with Gasteiger partial charge in [0.25, 0.3) is 0 Å². The first-order valence-electron chi connectivity index (χ1n) is 42.8. The molecule has 139 heavy (non-hydrogen) atoms. The van der Waals surface area contributed by atoms with Crippen LogP contribution in [0, 0.1) is 24.3 Å². The number of rotatable bonds is 22. The van der Waals surface area contributed by atoms with Gasteiger partial charge in [-0.2, -0.15) is 0 Å². The molecule has 728 valence electrons. The molecule has 16 aromatic rings. The Morgan fingerprint density at radius 3 is 0.978 bits per heavy atom. The zero-order valence-electron chi connectivity index (χ0n) is 77.9. The first-order valence-corrected chi connectivity index (χ1v) is 42.8. The third-order valence-corrected chi connectivity index (χ3v) is 19.9. The largest absolute Gasteiger partial charge is 0.540 e. The molecule has 0 aliphatic rings. The van der Waals surface area contributed by atoms with E-state index in [2.05, 4.69) is 140 Å². The number of hydrogen-bond donors (Lipinski definition) is 10. The van der Waals surface area contributed by atoms with Gasteiger partial charge >= 0.3 is 0 Å². The van der Waals surface area contributed by atoms with Gasteiger partial charge in [0, 0.05) is 176 Å². The van der Waals surface area contributed by atoms with Crippen molar-refractivity contribution in [3.8, 4) is 89.9 Å². The second kappa shape index (κ2) is 60.5. The normalized spacial score (nSPS) is 10.6. The van der Waals surface area contributed by atoms with E-state index in [0.717, 1.165) is 129 Å². The number of aliphatic hydroxyl groups excluding tert-OH is 10. The number of nitrogens with zero attached hydrogens (tertiary/aromatic N) is 5. The minimum atomic E-state index is -0.137. The molecule has 0 unspecified atom stereocenters. The van der Waals surface area contributed by atoms with Crippen LogP contribution >= 0.6 is 0 Å². The number of pyridine rings is 4. The van der Waals surface area contributed by atoms with Crippen LogP contribution in [0.4, 0.5) is 17.1 Å². The number of aromatic nitrogens is 4. The van der Waals surface area contributed by atoms with E-state index < -0.39 is 0 Å². The van der Waals surface area contributed by atoms with Gasteiger partial charge < -0.3 is 85.4 Å². The molecule has 21 nitrogen and oxygen atoms in total. The Hall–Kier alpha value is -13.2. The van der Waals surface area contributed by atoms with Crippen LogP contribution in [0.25, 0.3) is 111 Å². The maximum Gasteiger partial charge on any atom is 0.155 e. The van der Waals surface area contributed by atoms with Crippen molar-refractivity contribution in [1.82, 2.24) is 19.9 Å². The number of benzene rings is 12. The number of para-hydroxylation sites is 2. The van der Waals surface area contributed by atoms with Gasteiger partial charge in [-0.3, -0.25) is 19.2 Å². The SMILES string of the molecule is CC(=O)C=C(C)O.CC(=O)C=C(C)O.CC(=O)C=C(C)O.CC(=O)C=C(C)O.COc1c[c-]c(-c2cc(-c3cccc4ccccc34)ccn2)c(CO)c1.COc1c[c-]c(-c2cc(CO)ccn2)c(-c2cccc3ccccc23)c1.OCc1ccnc(-c2[c-]cc(-c3cccc4ccccc34)cc2CO)c1.OCc1ccnc(-c2[c-]cc(N(c3ccccc3)c3ccccc3)cc2CO)c1.[Pt].[Pt].[Pt].[Pt]. The van der Waals surface area contributed by atoms with Crippen molar-refractivity contribution in [2.24, 2.45) is 0 Å². The Kier molecular flexibility index (Phi) is 50.6. The Balaban J connectivity index is 0.000000296. The molecule has 4 aromatic heterocycles. The standard InChI is InChI=1S/C25H21N2O2.3C23H18NO2.4C5H8O2.4Pt/c28-17-19-13-14-26-25(15-19)24-12-11-23(16-20(24)18-29)27(21-7-3-1-4-8-21)22-9-5-2-6-10-22;1-26-18-9-10-21(23-13-16(15-25)11-12-24-23)22(14-18)20-8-4-6-17-5-2-3-7-19(17)20;1-26-19-9-10-22(18(13-19)15-25)23-14-17(11-12-24-23)21-8-4-6-16-5-2-3-7-20(16)21;25-14-16-10-11-24-23(12-16)22-9-8-18(13-19(22)15-26)21-7-3-5-17-4-1-2-6-20(17)21;4*1-4(6)3-5(2)7;;;;/h1-11,13-16,28-29H,17-18H2;2*2-9,11-14,25H,15H2,1H3;1-8,10-13,25-26H,14-15H2;4*3,6H,1-2H3;;;;/q4*-1;;;;;;;;. The molecule has 0 spiro atoms. The maximum atomic E-state index is 10.0. The predicted molar refractivity (Wildman–Crippen MR) is 534 cm³/mol. The van der Waals surface area contributed by atoms with Gasteiger partial charge in [-0.15, -0.1) is 94.0 Å². The molecular formula is C114H107N5O16Pt4-4. The summed E-state index contributed by atoms with van der Waals surface area (Å²) in [5.74, 6) is 1.16. The zero-order valence-corrected chi connectivity index (χ0v) is 87.0. The first-order chi connectivity index (χ1) is 65.2. The monoisotopic (exact) mass is 2580 g/mol. The van der Waals surface area contributed by atoms with Crippen LogP contribution in [0.15, 0.2) is 357 Å². The summed E-state index contributed by atoms with van der Waals surface area (Å²) >= 11 is 0. The van der Waals surface area contributed by atoms with E-state index in [-0.39, 0.29) is 170 Å². The summed E-state index contributed by atoms with van der Waals surface area (Å²) in [6.45, 7) is 10.9. The van der Waals surface area contributed by atoms with Crippen LogP contribution < -0.4 is 14.4 Å². The van der Waals surface area contributed by atoms with E-state index in [0.29, 0.717) is 17.1 Å². The number of allylic oxidation sites excluding steroid dienone is 8. The van der Waals surface area contributed by atoms with Crippen LogP contribution in [0.1, 0.15) is 88.8 Å². The van der Waals surface area contributed by atoms with Gasteiger partial charge in [0.05, 0.1) is 57.1 Å². The number of carbonyl (C=O) groups is 4. The molecule has 0 bridgehead atoms. The van der Waals surface area contributed by atoms with Gasteiger partial charge in [-0.25, -0.2) is 0 Å². The molecule has 0 radical (unpaired) electrons. The van der Waals surface area contributed by atoms with Crippen LogP contribution in [0.3, 0.4) is 0 Å². The Morgan fingerprint density at radius 2 is 0.604 bits per heavy atom. The van der Waals surface area contributed by atoms with Crippen LogP contribution in [-0.4, -0.2) is 108 Å². The van der Waals surface area contributed by atoms with E-state index in [9.17, 15) is 49.8 Å². The second-order valence-electron chi connectivity index (χ2n) is 30.5. The summed E-state index contributed by atoms with van der Waals surface area (Å²) < 4.78 is 10.7. The van der Waals surface area contributed by atoms with Crippen LogP contribution in [-0.2, 0) is 143 Å². The Bertz CT molecular complexity index is 6660. The summed E-state index contributed by atoms with van der Waals surface area (Å²) in [6, 6.07) is 107. The van der Waals surface area contributed by atoms with E-state index in [1.807, 2.05) is 176 Å². The minimum absolute atomic E-state index is 0. The number of anilines is 3. The summed E-state index contributed by atoms with van der Waals surface area (Å²) in [5.41, 5.74) is 20.1. The zero-order chi connectivity index (χ0) is 97.3. The number of ether oxygens (including phenoxy) is 2. The average molecular weight is 2580 g/mol. The fourth-order valence-electron chi connectivity index (χ4n) is 14.2. The van der Waals surface area contributed by atoms with Crippen molar-refractivity contribution in [1.29, 1.82) is 0 Å². The summed E-state index contributed by atoms with van der Waals surface area (Å²) in [4.78, 5) is 59.9. The first kappa shape index (κ1) is 116. The van der Waals surface area contributed by atoms with E-state index in [4.69, 9.17) is 29.9 Å². The second-order valence-corrected chi connectivity index (χ2v) is 30.5. The van der Waals surface area contributed by atoms with Gasteiger partial charge in [-0.1, -0.05) is 228 Å². The van der Waals surface area contributed by atoms with Crippen molar-refractivity contribution in [3.63, 3.8) is 0 Å². The van der Waals surface area contributed by atoms with Gasteiger partial charge in [0.15, 0.2) is 23.1 Å². The molecule has 4 heterocycles. The molecule has 16 rings (SSSR count). The smallest absolute Gasteiger partial charge is 0.155 e. The van der Waals surface area contributed by atoms with Crippen molar-refractivity contribution >= 4 is 72.5 Å². The molecule has 12 aromatic carbocycles. The fraction of sp³-hybridized carbons (Fsp3) is 0.140. The number of carbonyl (C=O) groups excluding carboxylic acids is 4. The van der Waals surface area contributed by atoms with E-state index >= 15 is 0 Å². The van der Waals surface area contributed by atoms with Crippen molar-refractivity contribution in [2.75, 3.05) is 19.1 Å². The number of methoxy groups -OCH3 is 2. The topological polar surface area (TPSA) is 344 Å². The third-order valence-electron chi connectivity index (χ3n) is 19.9. The Labute approximate surface area is 868 Å². The fourth-order valence-corrected chi connectivity index (χ4v) is 14.2. The molecule has 25 heteroatoms. The average Bonchev–Trinajstić information content (AvgIpc) is 0.784. The minimum Gasteiger partial charge on any atom is -0.540 e. The number of aliphatic hydroxyl groups is 10. The summed E-state index contributed by atoms with van der Waals surface area (Å²) in [6.07, 6.45) is 11.5. The van der Waals surface area contributed by atoms with Gasteiger partial charge in [0.2, 0.25) is 0 Å². The molecule has 0 saturated heterocycles.